The number of hydrogen-bond acceptors (Lipinski definition) is 4. The summed E-state index contributed by atoms with van der Waals surface area (Å²) in [7, 11) is 2.11. The Morgan fingerprint density at radius 2 is 2.11 bits per heavy atom. The molecule has 0 aliphatic carbocycles. The van der Waals surface area contributed by atoms with Crippen LogP contribution in [0.4, 0.5) is 5.69 Å². The van der Waals surface area contributed by atoms with Gasteiger partial charge in [-0.1, -0.05) is 6.07 Å². The molecule has 0 aromatic carbocycles. The van der Waals surface area contributed by atoms with Gasteiger partial charge in [0.25, 0.3) is 0 Å². The Morgan fingerprint density at radius 1 is 1.33 bits per heavy atom. The van der Waals surface area contributed by atoms with Gasteiger partial charge in [-0.25, -0.2) is 0 Å². The van der Waals surface area contributed by atoms with Crippen molar-refractivity contribution in [3.8, 4) is 0 Å². The predicted molar refractivity (Wildman–Crippen MR) is 77.6 cm³/mol. The second-order valence-corrected chi connectivity index (χ2v) is 5.71. The fourth-order valence-electron chi connectivity index (χ4n) is 1.93. The number of nitrogens with zero attached hydrogens (tertiary/aromatic N) is 2. The topological polar surface area (TPSA) is 42.2 Å². The van der Waals surface area contributed by atoms with Crippen LogP contribution in [0.3, 0.4) is 0 Å². The zero-order valence-electron chi connectivity index (χ0n) is 11.1. The monoisotopic (exact) mass is 261 g/mol. The quantitative estimate of drug-likeness (QED) is 0.920. The van der Waals surface area contributed by atoms with E-state index >= 15 is 0 Å². The minimum absolute atomic E-state index is 0.828. The van der Waals surface area contributed by atoms with Gasteiger partial charge < -0.3 is 5.73 Å². The summed E-state index contributed by atoms with van der Waals surface area (Å²) in [4.78, 5) is 8.12. The Morgan fingerprint density at radius 3 is 2.78 bits per heavy atom. The maximum absolute atomic E-state index is 6.04. The number of hydrogen-bond donors (Lipinski definition) is 1. The molecular weight excluding hydrogens is 242 g/mol. The van der Waals surface area contributed by atoms with E-state index in [2.05, 4.69) is 34.4 Å². The molecule has 2 aromatic heterocycles. The molecule has 0 saturated heterocycles. The number of nitrogen functional groups attached to an aromatic ring is 1. The van der Waals surface area contributed by atoms with Crippen molar-refractivity contribution in [2.45, 2.75) is 26.9 Å². The third kappa shape index (κ3) is 2.89. The van der Waals surface area contributed by atoms with Gasteiger partial charge in [0, 0.05) is 29.9 Å². The van der Waals surface area contributed by atoms with Crippen molar-refractivity contribution < 1.29 is 0 Å². The van der Waals surface area contributed by atoms with Gasteiger partial charge in [0.1, 0.15) is 0 Å². The first-order valence-corrected chi connectivity index (χ1v) is 6.87. The van der Waals surface area contributed by atoms with Gasteiger partial charge in [-0.3, -0.25) is 9.88 Å². The minimum atomic E-state index is 0.828. The molecule has 0 amide bonds. The van der Waals surface area contributed by atoms with Crippen LogP contribution in [0.2, 0.25) is 0 Å². The van der Waals surface area contributed by atoms with Gasteiger partial charge in [-0.2, -0.15) is 0 Å². The van der Waals surface area contributed by atoms with E-state index in [0.717, 1.165) is 35.6 Å². The number of anilines is 1. The van der Waals surface area contributed by atoms with Gasteiger partial charge in [0.2, 0.25) is 0 Å². The van der Waals surface area contributed by atoms with Crippen LogP contribution in [0, 0.1) is 13.8 Å². The molecule has 2 rings (SSSR count). The van der Waals surface area contributed by atoms with Crippen LogP contribution in [0.25, 0.3) is 0 Å². The summed E-state index contributed by atoms with van der Waals surface area (Å²) < 4.78 is 0. The van der Waals surface area contributed by atoms with Crippen molar-refractivity contribution in [2.24, 2.45) is 0 Å². The van der Waals surface area contributed by atoms with E-state index in [1.807, 2.05) is 20.0 Å². The molecule has 96 valence electrons. The minimum Gasteiger partial charge on any atom is -0.398 e. The van der Waals surface area contributed by atoms with Crippen molar-refractivity contribution in [3.63, 3.8) is 0 Å². The van der Waals surface area contributed by atoms with Crippen molar-refractivity contribution in [1.82, 2.24) is 9.88 Å². The fraction of sp³-hybridized carbons (Fsp3) is 0.357. The summed E-state index contributed by atoms with van der Waals surface area (Å²) in [6, 6.07) is 4.24. The van der Waals surface area contributed by atoms with Gasteiger partial charge >= 0.3 is 0 Å². The maximum atomic E-state index is 6.04. The number of nitrogens with two attached hydrogens (primary N) is 1. The van der Waals surface area contributed by atoms with Crippen molar-refractivity contribution in [3.05, 3.63) is 45.4 Å². The largest absolute Gasteiger partial charge is 0.398 e. The zero-order chi connectivity index (χ0) is 13.1. The third-order valence-corrected chi connectivity index (χ3v) is 3.96. The zero-order valence-corrected chi connectivity index (χ0v) is 11.9. The summed E-state index contributed by atoms with van der Waals surface area (Å²) in [6.07, 6.45) is 1.86. The molecule has 0 aliphatic heterocycles. The van der Waals surface area contributed by atoms with Crippen molar-refractivity contribution >= 4 is 17.0 Å². The second kappa shape index (κ2) is 5.50. The van der Waals surface area contributed by atoms with Crippen LogP contribution in [-0.2, 0) is 13.1 Å². The highest BCUT2D eigenvalue weighted by Gasteiger charge is 2.09. The summed E-state index contributed by atoms with van der Waals surface area (Å²) in [5.41, 5.74) is 10.1. The Bertz CT molecular complexity index is 520. The van der Waals surface area contributed by atoms with Gasteiger partial charge in [-0.15, -0.1) is 11.3 Å². The average Bonchev–Trinajstić information content (AvgIpc) is 2.83. The van der Waals surface area contributed by atoms with Crippen LogP contribution in [0.1, 0.15) is 21.7 Å². The van der Waals surface area contributed by atoms with E-state index in [1.54, 1.807) is 11.3 Å². The SMILES string of the molecule is Cc1cnc(CN(C)Cc2cccs2)c(C)c1N. The average molecular weight is 261 g/mol. The summed E-state index contributed by atoms with van der Waals surface area (Å²) in [5.74, 6) is 0. The highest BCUT2D eigenvalue weighted by Crippen LogP contribution is 2.20. The molecule has 4 heteroatoms. The van der Waals surface area contributed by atoms with Crippen molar-refractivity contribution in [2.75, 3.05) is 12.8 Å². The molecule has 0 spiro atoms. The predicted octanol–water partition coefficient (Wildman–Crippen LogP) is 2.97. The molecule has 0 saturated carbocycles. The number of aryl methyl sites for hydroxylation is 1. The molecular formula is C14H19N3S. The molecule has 2 N–H and O–H groups in total. The lowest BCUT2D eigenvalue weighted by Crippen LogP contribution is -2.18. The Kier molecular flexibility index (Phi) is 3.99. The second-order valence-electron chi connectivity index (χ2n) is 4.68. The first kappa shape index (κ1) is 13.1. The summed E-state index contributed by atoms with van der Waals surface area (Å²) in [6.45, 7) is 5.82. The molecule has 3 nitrogen and oxygen atoms in total. The van der Waals surface area contributed by atoms with Crippen molar-refractivity contribution in [1.29, 1.82) is 0 Å². The van der Waals surface area contributed by atoms with Crippen LogP contribution in [-0.4, -0.2) is 16.9 Å². The molecule has 18 heavy (non-hydrogen) atoms. The Labute approximate surface area is 112 Å². The smallest absolute Gasteiger partial charge is 0.0593 e. The van der Waals surface area contributed by atoms with E-state index < -0.39 is 0 Å². The van der Waals surface area contributed by atoms with Gasteiger partial charge in [0.05, 0.1) is 5.69 Å². The summed E-state index contributed by atoms with van der Waals surface area (Å²) >= 11 is 1.78. The Hall–Kier alpha value is -1.39. The van der Waals surface area contributed by atoms with E-state index in [-0.39, 0.29) is 0 Å². The number of thiophene rings is 1. The van der Waals surface area contributed by atoms with Crippen LogP contribution in [0.15, 0.2) is 23.7 Å². The first-order valence-electron chi connectivity index (χ1n) is 5.99. The molecule has 0 aliphatic rings. The molecule has 0 atom stereocenters. The lowest BCUT2D eigenvalue weighted by Gasteiger charge is -2.17. The first-order chi connectivity index (χ1) is 8.58. The molecule has 0 fully saturated rings. The Balaban J connectivity index is 2.07. The van der Waals surface area contributed by atoms with E-state index in [0.29, 0.717) is 0 Å². The van der Waals surface area contributed by atoms with E-state index in [4.69, 9.17) is 5.73 Å². The highest BCUT2D eigenvalue weighted by molar-refractivity contribution is 7.09. The maximum Gasteiger partial charge on any atom is 0.0593 e. The number of aromatic nitrogens is 1. The molecule has 0 unspecified atom stereocenters. The lowest BCUT2D eigenvalue weighted by atomic mass is 10.1. The molecule has 2 heterocycles. The number of rotatable bonds is 4. The highest BCUT2D eigenvalue weighted by atomic mass is 32.1. The lowest BCUT2D eigenvalue weighted by molar-refractivity contribution is 0.317. The molecule has 0 radical (unpaired) electrons. The molecule has 2 aromatic rings. The standard InChI is InChI=1S/C14H19N3S/c1-10-7-16-13(11(2)14(10)15)9-17(3)8-12-5-4-6-18-12/h4-7H,8-9H2,1-3H3,(H2,15,16). The third-order valence-electron chi connectivity index (χ3n) is 3.10. The van der Waals surface area contributed by atoms with Crippen LogP contribution in [0.5, 0.6) is 0 Å². The number of pyridine rings is 1. The summed E-state index contributed by atoms with van der Waals surface area (Å²) in [5, 5.41) is 2.11. The molecule has 0 bridgehead atoms. The fourth-order valence-corrected chi connectivity index (χ4v) is 2.72. The van der Waals surface area contributed by atoms with Crippen LogP contribution < -0.4 is 5.73 Å². The van der Waals surface area contributed by atoms with E-state index in [1.165, 1.54) is 4.88 Å². The normalized spacial score (nSPS) is 11.1. The van der Waals surface area contributed by atoms with Crippen LogP contribution >= 0.6 is 11.3 Å². The van der Waals surface area contributed by atoms with Gasteiger partial charge in [0.15, 0.2) is 0 Å². The van der Waals surface area contributed by atoms with Gasteiger partial charge in [-0.05, 0) is 43.5 Å². The van der Waals surface area contributed by atoms with E-state index in [9.17, 15) is 0 Å².